The summed E-state index contributed by atoms with van der Waals surface area (Å²) < 4.78 is 13.1. The molecule has 2 aromatic carbocycles. The summed E-state index contributed by atoms with van der Waals surface area (Å²) in [5.74, 6) is 0.337. The van der Waals surface area contributed by atoms with Gasteiger partial charge in [-0.05, 0) is 29.8 Å². The third-order valence-corrected chi connectivity index (χ3v) is 3.40. The van der Waals surface area contributed by atoms with E-state index in [1.165, 1.54) is 24.3 Å². The van der Waals surface area contributed by atoms with Crippen molar-refractivity contribution in [3.8, 4) is 0 Å². The molecule has 2 aromatic rings. The number of guanidine groups is 1. The molecule has 0 amide bonds. The molecule has 0 saturated heterocycles. The monoisotopic (exact) mass is 473 g/mol. The summed E-state index contributed by atoms with van der Waals surface area (Å²) >= 11 is 0. The summed E-state index contributed by atoms with van der Waals surface area (Å²) in [4.78, 5) is 14.3. The highest BCUT2D eigenvalue weighted by Gasteiger charge is 2.03. The number of anilines is 1. The van der Waals surface area contributed by atoms with Crippen LogP contribution in [0.2, 0.25) is 0 Å². The minimum atomic E-state index is -0.431. The number of nitrogens with zero attached hydrogens (tertiary/aromatic N) is 2. The van der Waals surface area contributed by atoms with Crippen molar-refractivity contribution in [2.45, 2.75) is 6.54 Å². The van der Waals surface area contributed by atoms with Crippen LogP contribution in [0.25, 0.3) is 0 Å². The third kappa shape index (κ3) is 7.21. The van der Waals surface area contributed by atoms with Crippen molar-refractivity contribution in [1.29, 1.82) is 0 Å². The Bertz CT molecular complexity index is 740. The van der Waals surface area contributed by atoms with E-state index >= 15 is 0 Å². The van der Waals surface area contributed by atoms with Gasteiger partial charge in [0.2, 0.25) is 0 Å². The fourth-order valence-corrected chi connectivity index (χ4v) is 2.14. The first-order chi connectivity index (χ1) is 12.1. The Labute approximate surface area is 168 Å². The second-order valence-electron chi connectivity index (χ2n) is 5.21. The Balaban J connectivity index is 0.00000338. The lowest BCUT2D eigenvalue weighted by atomic mass is 10.2. The van der Waals surface area contributed by atoms with Crippen LogP contribution in [0.5, 0.6) is 0 Å². The maximum absolute atomic E-state index is 13.1. The largest absolute Gasteiger partial charge is 0.383 e. The van der Waals surface area contributed by atoms with E-state index < -0.39 is 4.92 Å². The number of nitro benzene ring substituents is 1. The SMILES string of the molecule is CN=C(NCCNc1ccc([N+](=O)[O-])cc1)NCc1cccc(F)c1.I. The molecule has 140 valence electrons. The van der Waals surface area contributed by atoms with Gasteiger partial charge < -0.3 is 16.0 Å². The number of aliphatic imine (C=N–C) groups is 1. The van der Waals surface area contributed by atoms with Crippen LogP contribution in [-0.2, 0) is 6.54 Å². The average Bonchev–Trinajstić information content (AvgIpc) is 2.61. The molecule has 9 heteroatoms. The van der Waals surface area contributed by atoms with Crippen LogP contribution in [0.3, 0.4) is 0 Å². The van der Waals surface area contributed by atoms with Gasteiger partial charge in [-0.1, -0.05) is 12.1 Å². The molecule has 2 rings (SSSR count). The number of non-ortho nitro benzene ring substituents is 1. The van der Waals surface area contributed by atoms with Gasteiger partial charge in [-0.25, -0.2) is 4.39 Å². The molecule has 26 heavy (non-hydrogen) atoms. The molecule has 0 fully saturated rings. The van der Waals surface area contributed by atoms with Gasteiger partial charge in [-0.2, -0.15) is 0 Å². The molecule has 0 radical (unpaired) electrons. The Hall–Kier alpha value is -2.43. The number of nitro groups is 1. The maximum Gasteiger partial charge on any atom is 0.269 e. The van der Waals surface area contributed by atoms with Gasteiger partial charge in [0.1, 0.15) is 5.82 Å². The summed E-state index contributed by atoms with van der Waals surface area (Å²) in [6.45, 7) is 1.67. The van der Waals surface area contributed by atoms with E-state index in [9.17, 15) is 14.5 Å². The first-order valence-corrected chi connectivity index (χ1v) is 7.76. The summed E-state index contributed by atoms with van der Waals surface area (Å²) in [5.41, 5.74) is 1.69. The lowest BCUT2D eigenvalue weighted by molar-refractivity contribution is -0.384. The highest BCUT2D eigenvalue weighted by Crippen LogP contribution is 2.14. The van der Waals surface area contributed by atoms with E-state index in [0.29, 0.717) is 25.6 Å². The molecular formula is C17H21FIN5O2. The Morgan fingerprint density at radius 3 is 2.50 bits per heavy atom. The molecule has 0 spiro atoms. The number of hydrogen-bond donors (Lipinski definition) is 3. The zero-order valence-corrected chi connectivity index (χ0v) is 16.6. The second-order valence-corrected chi connectivity index (χ2v) is 5.21. The molecule has 0 aliphatic carbocycles. The molecule has 0 bridgehead atoms. The zero-order valence-electron chi connectivity index (χ0n) is 14.2. The van der Waals surface area contributed by atoms with Crippen molar-refractivity contribution in [3.05, 3.63) is 70.0 Å². The molecule has 0 aliphatic rings. The van der Waals surface area contributed by atoms with Crippen molar-refractivity contribution in [1.82, 2.24) is 10.6 Å². The summed E-state index contributed by atoms with van der Waals surface area (Å²) in [5, 5.41) is 20.0. The molecule has 3 N–H and O–H groups in total. The van der Waals surface area contributed by atoms with Crippen LogP contribution in [0.4, 0.5) is 15.8 Å². The summed E-state index contributed by atoms with van der Waals surface area (Å²) in [6.07, 6.45) is 0. The standard InChI is InChI=1S/C17H20FN5O2.HI/c1-19-17(22-12-13-3-2-4-14(18)11-13)21-10-9-20-15-5-7-16(8-6-15)23(24)25;/h2-8,11,20H,9-10,12H2,1H3,(H2,19,21,22);1H. The summed E-state index contributed by atoms with van der Waals surface area (Å²) in [6, 6.07) is 12.6. The van der Waals surface area contributed by atoms with Gasteiger partial charge in [0.15, 0.2) is 5.96 Å². The Morgan fingerprint density at radius 1 is 1.15 bits per heavy atom. The number of halogens is 2. The van der Waals surface area contributed by atoms with Crippen LogP contribution in [-0.4, -0.2) is 31.0 Å². The van der Waals surface area contributed by atoms with Crippen LogP contribution in [0, 0.1) is 15.9 Å². The van der Waals surface area contributed by atoms with E-state index in [1.807, 2.05) is 6.07 Å². The average molecular weight is 473 g/mol. The second kappa shape index (κ2) is 11.2. The highest BCUT2D eigenvalue weighted by atomic mass is 127. The quantitative estimate of drug-likeness (QED) is 0.144. The molecule has 0 saturated carbocycles. The van der Waals surface area contributed by atoms with E-state index in [1.54, 1.807) is 25.2 Å². The fourth-order valence-electron chi connectivity index (χ4n) is 2.14. The molecule has 7 nitrogen and oxygen atoms in total. The maximum atomic E-state index is 13.1. The summed E-state index contributed by atoms with van der Waals surface area (Å²) in [7, 11) is 1.66. The molecule has 0 atom stereocenters. The van der Waals surface area contributed by atoms with Gasteiger partial charge in [0.25, 0.3) is 5.69 Å². The van der Waals surface area contributed by atoms with Crippen LogP contribution in [0.15, 0.2) is 53.5 Å². The van der Waals surface area contributed by atoms with E-state index in [2.05, 4.69) is 20.9 Å². The van der Waals surface area contributed by atoms with E-state index in [0.717, 1.165) is 11.3 Å². The van der Waals surface area contributed by atoms with Crippen molar-refractivity contribution < 1.29 is 9.31 Å². The topological polar surface area (TPSA) is 91.6 Å². The number of benzene rings is 2. The van der Waals surface area contributed by atoms with Crippen molar-refractivity contribution >= 4 is 41.3 Å². The lowest BCUT2D eigenvalue weighted by Gasteiger charge is -2.13. The number of nitrogens with one attached hydrogen (secondary N) is 3. The minimum Gasteiger partial charge on any atom is -0.383 e. The molecule has 0 heterocycles. The van der Waals surface area contributed by atoms with Gasteiger partial charge in [-0.3, -0.25) is 15.1 Å². The van der Waals surface area contributed by atoms with Crippen molar-refractivity contribution in [2.75, 3.05) is 25.5 Å². The van der Waals surface area contributed by atoms with Crippen molar-refractivity contribution in [2.24, 2.45) is 4.99 Å². The minimum absolute atomic E-state index is 0. The van der Waals surface area contributed by atoms with Gasteiger partial charge >= 0.3 is 0 Å². The predicted molar refractivity (Wildman–Crippen MR) is 112 cm³/mol. The van der Waals surface area contributed by atoms with E-state index in [4.69, 9.17) is 0 Å². The lowest BCUT2D eigenvalue weighted by Crippen LogP contribution is -2.39. The molecule has 0 aromatic heterocycles. The van der Waals surface area contributed by atoms with Gasteiger partial charge in [-0.15, -0.1) is 24.0 Å². The van der Waals surface area contributed by atoms with Crippen LogP contribution < -0.4 is 16.0 Å². The van der Waals surface area contributed by atoms with Gasteiger partial charge in [0.05, 0.1) is 4.92 Å². The normalized spacial score (nSPS) is 10.6. The first kappa shape index (κ1) is 21.6. The molecular weight excluding hydrogens is 452 g/mol. The number of hydrogen-bond acceptors (Lipinski definition) is 4. The molecule has 0 unspecified atom stereocenters. The molecule has 0 aliphatic heterocycles. The number of rotatable bonds is 7. The first-order valence-electron chi connectivity index (χ1n) is 7.76. The smallest absolute Gasteiger partial charge is 0.269 e. The van der Waals surface area contributed by atoms with Crippen LogP contribution in [0.1, 0.15) is 5.56 Å². The Morgan fingerprint density at radius 2 is 1.88 bits per heavy atom. The van der Waals surface area contributed by atoms with Crippen molar-refractivity contribution in [3.63, 3.8) is 0 Å². The predicted octanol–water partition coefficient (Wildman–Crippen LogP) is 3.13. The van der Waals surface area contributed by atoms with Gasteiger partial charge in [0, 0.05) is 44.5 Å². The highest BCUT2D eigenvalue weighted by molar-refractivity contribution is 14.0. The van der Waals surface area contributed by atoms with Crippen LogP contribution >= 0.6 is 24.0 Å². The fraction of sp³-hybridized carbons (Fsp3) is 0.235. The zero-order chi connectivity index (χ0) is 18.1. The third-order valence-electron chi connectivity index (χ3n) is 3.40. The Kier molecular flexibility index (Phi) is 9.34. The van der Waals surface area contributed by atoms with E-state index in [-0.39, 0.29) is 35.5 Å².